The highest BCUT2D eigenvalue weighted by molar-refractivity contribution is 6.31. The van der Waals surface area contributed by atoms with Crippen molar-refractivity contribution >= 4 is 56.7 Å². The lowest BCUT2D eigenvalue weighted by molar-refractivity contribution is -0.115. The standard InChI is InChI=1S/C29H25ClN2O4/c1-29(2,3)18-11-12-23-22(14-18)17(16-35-23)13-25(33)32-26-21-9-4-5-10-24(21)36-27(26)28(34)31-20-8-6-7-19(30)15-20/h4-12,14-16H,13H2,1-3H3,(H,31,34)(H,32,33). The summed E-state index contributed by atoms with van der Waals surface area (Å²) < 4.78 is 11.5. The molecule has 0 atom stereocenters. The first kappa shape index (κ1) is 23.7. The van der Waals surface area contributed by atoms with E-state index in [1.807, 2.05) is 18.2 Å². The van der Waals surface area contributed by atoms with E-state index >= 15 is 0 Å². The van der Waals surface area contributed by atoms with Crippen LogP contribution in [0.3, 0.4) is 0 Å². The topological polar surface area (TPSA) is 84.5 Å². The fourth-order valence-corrected chi connectivity index (χ4v) is 4.32. The first-order valence-corrected chi connectivity index (χ1v) is 12.0. The van der Waals surface area contributed by atoms with Gasteiger partial charge < -0.3 is 19.5 Å². The maximum absolute atomic E-state index is 13.2. The number of amides is 2. The van der Waals surface area contributed by atoms with Crippen LogP contribution in [0.2, 0.25) is 5.02 Å². The van der Waals surface area contributed by atoms with Crippen LogP contribution in [-0.4, -0.2) is 11.8 Å². The summed E-state index contributed by atoms with van der Waals surface area (Å²) in [5, 5.41) is 7.70. The zero-order chi connectivity index (χ0) is 25.4. The minimum absolute atomic E-state index is 0.0107. The van der Waals surface area contributed by atoms with Crippen LogP contribution in [0.25, 0.3) is 21.9 Å². The summed E-state index contributed by atoms with van der Waals surface area (Å²) in [4.78, 5) is 26.3. The molecule has 7 heteroatoms. The second-order valence-corrected chi connectivity index (χ2v) is 10.2. The van der Waals surface area contributed by atoms with Gasteiger partial charge in [-0.25, -0.2) is 0 Å². The van der Waals surface area contributed by atoms with Crippen molar-refractivity contribution in [2.45, 2.75) is 32.6 Å². The van der Waals surface area contributed by atoms with Gasteiger partial charge in [0.05, 0.1) is 12.7 Å². The third-order valence-corrected chi connectivity index (χ3v) is 6.25. The van der Waals surface area contributed by atoms with Gasteiger partial charge in [-0.1, -0.05) is 56.6 Å². The van der Waals surface area contributed by atoms with E-state index in [4.69, 9.17) is 20.4 Å². The Hall–Kier alpha value is -4.03. The summed E-state index contributed by atoms with van der Waals surface area (Å²) in [7, 11) is 0. The van der Waals surface area contributed by atoms with Gasteiger partial charge in [-0.2, -0.15) is 0 Å². The van der Waals surface area contributed by atoms with E-state index in [0.717, 1.165) is 22.1 Å². The Morgan fingerprint density at radius 2 is 1.69 bits per heavy atom. The van der Waals surface area contributed by atoms with Crippen LogP contribution in [0, 0.1) is 0 Å². The largest absolute Gasteiger partial charge is 0.464 e. The highest BCUT2D eigenvalue weighted by Gasteiger charge is 2.23. The molecule has 0 spiro atoms. The maximum atomic E-state index is 13.2. The second-order valence-electron chi connectivity index (χ2n) is 9.71. The van der Waals surface area contributed by atoms with Gasteiger partial charge in [0.1, 0.15) is 16.9 Å². The van der Waals surface area contributed by atoms with E-state index in [1.54, 1.807) is 48.7 Å². The van der Waals surface area contributed by atoms with E-state index in [9.17, 15) is 9.59 Å². The zero-order valence-corrected chi connectivity index (χ0v) is 20.9. The van der Waals surface area contributed by atoms with Crippen LogP contribution in [0.1, 0.15) is 42.5 Å². The fraction of sp³-hybridized carbons (Fsp3) is 0.172. The zero-order valence-electron chi connectivity index (χ0n) is 20.1. The van der Waals surface area contributed by atoms with Gasteiger partial charge in [0.25, 0.3) is 5.91 Å². The summed E-state index contributed by atoms with van der Waals surface area (Å²) in [5.74, 6) is -0.772. The summed E-state index contributed by atoms with van der Waals surface area (Å²) in [6, 6.07) is 20.0. The average Bonchev–Trinajstić information content (AvgIpc) is 3.40. The van der Waals surface area contributed by atoms with Crippen molar-refractivity contribution in [1.82, 2.24) is 0 Å². The van der Waals surface area contributed by atoms with Gasteiger partial charge in [-0.05, 0) is 53.4 Å². The highest BCUT2D eigenvalue weighted by Crippen LogP contribution is 2.33. The van der Waals surface area contributed by atoms with Crippen LogP contribution in [0.15, 0.2) is 81.8 Å². The van der Waals surface area contributed by atoms with Crippen LogP contribution in [-0.2, 0) is 16.6 Å². The summed E-state index contributed by atoms with van der Waals surface area (Å²) in [6.45, 7) is 6.42. The summed E-state index contributed by atoms with van der Waals surface area (Å²) >= 11 is 6.04. The lowest BCUT2D eigenvalue weighted by Gasteiger charge is -2.18. The number of nitrogens with one attached hydrogen (secondary N) is 2. The number of para-hydroxylation sites is 1. The first-order chi connectivity index (χ1) is 17.2. The molecule has 2 aromatic heterocycles. The molecule has 0 aliphatic carbocycles. The number of hydrogen-bond acceptors (Lipinski definition) is 4. The molecule has 6 nitrogen and oxygen atoms in total. The van der Waals surface area contributed by atoms with Crippen molar-refractivity contribution < 1.29 is 18.4 Å². The number of anilines is 2. The first-order valence-electron chi connectivity index (χ1n) is 11.6. The molecule has 0 aliphatic heterocycles. The molecule has 36 heavy (non-hydrogen) atoms. The third kappa shape index (κ3) is 4.72. The van der Waals surface area contributed by atoms with E-state index in [2.05, 4.69) is 37.5 Å². The molecule has 0 saturated heterocycles. The quantitative estimate of drug-likeness (QED) is 0.260. The van der Waals surface area contributed by atoms with Gasteiger partial charge in [0.15, 0.2) is 0 Å². The molecule has 0 aliphatic rings. The van der Waals surface area contributed by atoms with E-state index in [0.29, 0.717) is 27.4 Å². The molecule has 0 bridgehead atoms. The molecular weight excluding hydrogens is 476 g/mol. The van der Waals surface area contributed by atoms with Crippen molar-refractivity contribution in [2.75, 3.05) is 10.6 Å². The number of furan rings is 2. The van der Waals surface area contributed by atoms with E-state index < -0.39 is 5.91 Å². The Morgan fingerprint density at radius 3 is 2.47 bits per heavy atom. The molecule has 0 unspecified atom stereocenters. The smallest absolute Gasteiger partial charge is 0.293 e. The molecule has 5 rings (SSSR count). The van der Waals surface area contributed by atoms with Gasteiger partial charge in [-0.3, -0.25) is 9.59 Å². The lowest BCUT2D eigenvalue weighted by Crippen LogP contribution is -2.18. The molecule has 3 aromatic carbocycles. The summed E-state index contributed by atoms with van der Waals surface area (Å²) in [6.07, 6.45) is 1.69. The SMILES string of the molecule is CC(C)(C)c1ccc2occ(CC(=O)Nc3c(C(=O)Nc4cccc(Cl)c4)oc4ccccc34)c2c1. The van der Waals surface area contributed by atoms with Crippen LogP contribution >= 0.6 is 11.6 Å². The maximum Gasteiger partial charge on any atom is 0.293 e. The van der Waals surface area contributed by atoms with Crippen molar-refractivity contribution in [3.8, 4) is 0 Å². The number of benzene rings is 3. The molecular formula is C29H25ClN2O4. The highest BCUT2D eigenvalue weighted by atomic mass is 35.5. The second kappa shape index (κ2) is 9.21. The van der Waals surface area contributed by atoms with Gasteiger partial charge >= 0.3 is 0 Å². The Labute approximate surface area is 213 Å². The fourth-order valence-electron chi connectivity index (χ4n) is 4.13. The van der Waals surface area contributed by atoms with Crippen molar-refractivity contribution in [2.24, 2.45) is 0 Å². The minimum Gasteiger partial charge on any atom is -0.464 e. The predicted molar refractivity (Wildman–Crippen MR) is 143 cm³/mol. The minimum atomic E-state index is -0.493. The number of fused-ring (bicyclic) bond motifs is 2. The van der Waals surface area contributed by atoms with Gasteiger partial charge in [0, 0.05) is 27.0 Å². The van der Waals surface area contributed by atoms with E-state index in [-0.39, 0.29) is 23.5 Å². The van der Waals surface area contributed by atoms with Crippen molar-refractivity contribution in [3.63, 3.8) is 0 Å². The Bertz CT molecular complexity index is 1610. The molecule has 5 aromatic rings. The summed E-state index contributed by atoms with van der Waals surface area (Å²) in [5.41, 5.74) is 3.94. The number of hydrogen-bond donors (Lipinski definition) is 2. The molecule has 0 radical (unpaired) electrons. The average molecular weight is 501 g/mol. The Morgan fingerprint density at radius 1 is 0.889 bits per heavy atom. The molecule has 2 N–H and O–H groups in total. The number of carbonyl (C=O) groups is 2. The van der Waals surface area contributed by atoms with Crippen LogP contribution < -0.4 is 10.6 Å². The molecule has 0 saturated carbocycles. The van der Waals surface area contributed by atoms with E-state index in [1.165, 1.54) is 0 Å². The monoisotopic (exact) mass is 500 g/mol. The lowest BCUT2D eigenvalue weighted by atomic mass is 9.86. The Kier molecular flexibility index (Phi) is 6.06. The van der Waals surface area contributed by atoms with Crippen LogP contribution in [0.4, 0.5) is 11.4 Å². The number of rotatable bonds is 5. The molecule has 182 valence electrons. The third-order valence-electron chi connectivity index (χ3n) is 6.02. The molecule has 2 heterocycles. The molecule has 2 amide bonds. The molecule has 0 fully saturated rings. The Balaban J connectivity index is 1.44. The van der Waals surface area contributed by atoms with Gasteiger partial charge in [0.2, 0.25) is 11.7 Å². The number of halogens is 1. The van der Waals surface area contributed by atoms with Crippen molar-refractivity contribution in [1.29, 1.82) is 0 Å². The normalized spacial score (nSPS) is 11.7. The predicted octanol–water partition coefficient (Wildman–Crippen LogP) is 7.56. The number of carbonyl (C=O) groups excluding carboxylic acids is 2. The van der Waals surface area contributed by atoms with Crippen molar-refractivity contribution in [3.05, 3.63) is 94.9 Å². The van der Waals surface area contributed by atoms with Crippen LogP contribution in [0.5, 0.6) is 0 Å². The van der Waals surface area contributed by atoms with Gasteiger partial charge in [-0.15, -0.1) is 0 Å².